The molecule has 0 saturated heterocycles. The van der Waals surface area contributed by atoms with Gasteiger partial charge in [-0.15, -0.1) is 0 Å². The van der Waals surface area contributed by atoms with Crippen LogP contribution in [0.15, 0.2) is 61.1 Å². The maximum atomic E-state index is 14.3. The zero-order valence-electron chi connectivity index (χ0n) is 13.2. The van der Waals surface area contributed by atoms with Crippen molar-refractivity contribution in [3.8, 4) is 0 Å². The molecule has 0 bridgehead atoms. The van der Waals surface area contributed by atoms with E-state index in [1.165, 1.54) is 18.2 Å². The van der Waals surface area contributed by atoms with Crippen molar-refractivity contribution in [2.45, 2.75) is 25.3 Å². The third-order valence-electron chi connectivity index (χ3n) is 4.84. The van der Waals surface area contributed by atoms with E-state index in [4.69, 9.17) is 0 Å². The summed E-state index contributed by atoms with van der Waals surface area (Å²) in [5.74, 6) is -0.0152. The number of hydrogen-bond acceptors (Lipinski definition) is 1. The maximum Gasteiger partial charge on any atom is 0.128 e. The topological polar surface area (TPSA) is 17.8 Å². The molecule has 0 spiro atoms. The van der Waals surface area contributed by atoms with Crippen molar-refractivity contribution in [3.05, 3.63) is 89.5 Å². The molecule has 2 aromatic carbocycles. The number of hydrogen-bond donors (Lipinski definition) is 0. The van der Waals surface area contributed by atoms with Gasteiger partial charge < -0.3 is 4.57 Å². The van der Waals surface area contributed by atoms with Crippen LogP contribution in [0, 0.1) is 17.6 Å². The second-order valence-corrected chi connectivity index (χ2v) is 6.47. The summed E-state index contributed by atoms with van der Waals surface area (Å²) < 4.78 is 29.5. The van der Waals surface area contributed by atoms with E-state index in [0.717, 1.165) is 30.5 Å². The largest absolute Gasteiger partial charge is 0.327 e. The highest BCUT2D eigenvalue weighted by atomic mass is 19.1. The number of rotatable bonds is 3. The molecule has 2 atom stereocenters. The van der Waals surface area contributed by atoms with Gasteiger partial charge >= 0.3 is 0 Å². The van der Waals surface area contributed by atoms with Crippen molar-refractivity contribution in [2.75, 3.05) is 0 Å². The smallest absolute Gasteiger partial charge is 0.128 e. The van der Waals surface area contributed by atoms with Crippen molar-refractivity contribution in [3.63, 3.8) is 0 Å². The van der Waals surface area contributed by atoms with E-state index >= 15 is 0 Å². The fourth-order valence-electron chi connectivity index (χ4n) is 3.71. The number of halogens is 2. The van der Waals surface area contributed by atoms with Crippen LogP contribution in [0.25, 0.3) is 0 Å². The maximum absolute atomic E-state index is 14.3. The van der Waals surface area contributed by atoms with Crippen molar-refractivity contribution in [1.29, 1.82) is 0 Å². The van der Waals surface area contributed by atoms with Crippen LogP contribution < -0.4 is 0 Å². The average molecular weight is 324 g/mol. The Morgan fingerprint density at radius 3 is 2.62 bits per heavy atom. The van der Waals surface area contributed by atoms with E-state index in [2.05, 4.69) is 9.55 Å². The Morgan fingerprint density at radius 2 is 1.83 bits per heavy atom. The first kappa shape index (κ1) is 15.1. The predicted octanol–water partition coefficient (Wildman–Crippen LogP) is 4.56. The van der Waals surface area contributed by atoms with E-state index in [1.807, 2.05) is 30.5 Å². The standard InChI is InChI=1S/C20H18F2N2/c21-16-7-5-14(6-8-16)9-15-10-17-12-23-13-24(17)20(11-15)18-3-1-2-4-19(18)22/h1-8,12-13,15,20H,9-11H2/t15-,20+/m1/s1. The molecule has 0 radical (unpaired) electrons. The van der Waals surface area contributed by atoms with Gasteiger partial charge in [0.2, 0.25) is 0 Å². The Balaban J connectivity index is 1.64. The van der Waals surface area contributed by atoms with Gasteiger partial charge in [0.15, 0.2) is 0 Å². The summed E-state index contributed by atoms with van der Waals surface area (Å²) >= 11 is 0. The fraction of sp³-hybridized carbons (Fsp3) is 0.250. The van der Waals surface area contributed by atoms with Gasteiger partial charge in [0.05, 0.1) is 12.4 Å². The number of nitrogens with zero attached hydrogens (tertiary/aromatic N) is 2. The second-order valence-electron chi connectivity index (χ2n) is 6.47. The summed E-state index contributed by atoms with van der Waals surface area (Å²) in [5, 5.41) is 0. The number of fused-ring (bicyclic) bond motifs is 1. The van der Waals surface area contributed by atoms with Crippen molar-refractivity contribution < 1.29 is 8.78 Å². The van der Waals surface area contributed by atoms with Gasteiger partial charge in [-0.05, 0) is 48.9 Å². The molecule has 0 N–H and O–H groups in total. The van der Waals surface area contributed by atoms with Crippen LogP contribution in [0.4, 0.5) is 8.78 Å². The van der Waals surface area contributed by atoms with Crippen molar-refractivity contribution in [2.24, 2.45) is 5.92 Å². The van der Waals surface area contributed by atoms with Gasteiger partial charge in [0, 0.05) is 17.5 Å². The molecule has 0 unspecified atom stereocenters. The van der Waals surface area contributed by atoms with Crippen LogP contribution in [-0.2, 0) is 12.8 Å². The minimum atomic E-state index is -0.218. The minimum Gasteiger partial charge on any atom is -0.327 e. The van der Waals surface area contributed by atoms with Crippen LogP contribution in [0.1, 0.15) is 29.3 Å². The Morgan fingerprint density at radius 1 is 1.04 bits per heavy atom. The van der Waals surface area contributed by atoms with Gasteiger partial charge in [-0.1, -0.05) is 30.3 Å². The van der Waals surface area contributed by atoms with Crippen molar-refractivity contribution in [1.82, 2.24) is 9.55 Å². The fourth-order valence-corrected chi connectivity index (χ4v) is 3.71. The Labute approximate surface area is 139 Å². The summed E-state index contributed by atoms with van der Waals surface area (Å²) in [5.41, 5.74) is 2.95. The lowest BCUT2D eigenvalue weighted by Gasteiger charge is -2.32. The summed E-state index contributed by atoms with van der Waals surface area (Å²) in [6.45, 7) is 0. The quantitative estimate of drug-likeness (QED) is 0.691. The first-order valence-corrected chi connectivity index (χ1v) is 8.20. The molecule has 0 aliphatic carbocycles. The Hall–Kier alpha value is -2.49. The highest BCUT2D eigenvalue weighted by Crippen LogP contribution is 2.36. The zero-order chi connectivity index (χ0) is 16.5. The Kier molecular flexibility index (Phi) is 3.89. The van der Waals surface area contributed by atoms with Gasteiger partial charge in [-0.25, -0.2) is 13.8 Å². The van der Waals surface area contributed by atoms with Crippen LogP contribution in [0.3, 0.4) is 0 Å². The van der Waals surface area contributed by atoms with Crippen molar-refractivity contribution >= 4 is 0 Å². The molecule has 122 valence electrons. The molecule has 3 aromatic rings. The van der Waals surface area contributed by atoms with E-state index in [1.54, 1.807) is 12.4 Å². The molecule has 1 aromatic heterocycles. The van der Waals surface area contributed by atoms with E-state index in [0.29, 0.717) is 11.5 Å². The molecule has 4 heteroatoms. The lowest BCUT2D eigenvalue weighted by atomic mass is 9.83. The third-order valence-corrected chi connectivity index (χ3v) is 4.84. The number of aromatic nitrogens is 2. The third kappa shape index (κ3) is 2.84. The normalized spacial score (nSPS) is 19.9. The van der Waals surface area contributed by atoms with Crippen LogP contribution in [0.5, 0.6) is 0 Å². The molecule has 24 heavy (non-hydrogen) atoms. The minimum absolute atomic E-state index is 0.0390. The zero-order valence-corrected chi connectivity index (χ0v) is 13.2. The molecule has 2 nitrogen and oxygen atoms in total. The molecule has 0 amide bonds. The molecular formula is C20H18F2N2. The van der Waals surface area contributed by atoms with E-state index < -0.39 is 0 Å². The average Bonchev–Trinajstić information content (AvgIpc) is 3.05. The summed E-state index contributed by atoms with van der Waals surface area (Å²) in [4.78, 5) is 4.25. The Bertz CT molecular complexity index is 839. The molecule has 1 aliphatic heterocycles. The first-order valence-electron chi connectivity index (χ1n) is 8.20. The number of benzene rings is 2. The van der Waals surface area contributed by atoms with Gasteiger partial charge in [0.25, 0.3) is 0 Å². The van der Waals surface area contributed by atoms with E-state index in [9.17, 15) is 8.78 Å². The highest BCUT2D eigenvalue weighted by Gasteiger charge is 2.29. The summed E-state index contributed by atoms with van der Waals surface area (Å²) in [6, 6.07) is 13.6. The highest BCUT2D eigenvalue weighted by molar-refractivity contribution is 5.26. The van der Waals surface area contributed by atoms with Crippen LogP contribution in [0.2, 0.25) is 0 Å². The molecule has 2 heterocycles. The molecule has 4 rings (SSSR count). The first-order chi connectivity index (χ1) is 11.7. The molecule has 0 fully saturated rings. The summed E-state index contributed by atoms with van der Waals surface area (Å²) in [7, 11) is 0. The molecule has 0 saturated carbocycles. The molecule has 1 aliphatic rings. The van der Waals surface area contributed by atoms with Gasteiger partial charge in [-0.3, -0.25) is 0 Å². The monoisotopic (exact) mass is 324 g/mol. The van der Waals surface area contributed by atoms with Gasteiger partial charge in [0.1, 0.15) is 11.6 Å². The van der Waals surface area contributed by atoms with Crippen LogP contribution in [-0.4, -0.2) is 9.55 Å². The number of imidazole rings is 1. The predicted molar refractivity (Wildman–Crippen MR) is 88.7 cm³/mol. The summed E-state index contributed by atoms with van der Waals surface area (Å²) in [6.07, 6.45) is 6.27. The second kappa shape index (κ2) is 6.19. The van der Waals surface area contributed by atoms with E-state index in [-0.39, 0.29) is 17.7 Å². The molecular weight excluding hydrogens is 306 g/mol. The van der Waals surface area contributed by atoms with Gasteiger partial charge in [-0.2, -0.15) is 0 Å². The van der Waals surface area contributed by atoms with Crippen LogP contribution >= 0.6 is 0 Å². The SMILES string of the molecule is Fc1ccc(C[C@@H]2Cc3cncn3[C@H](c3ccccc3F)C2)cc1. The lowest BCUT2D eigenvalue weighted by molar-refractivity contribution is 0.337. The lowest BCUT2D eigenvalue weighted by Crippen LogP contribution is -2.26.